The van der Waals surface area contributed by atoms with E-state index in [9.17, 15) is 9.59 Å². The molecular formula is C33H65N4O5P. The molecule has 0 radical (unpaired) electrons. The van der Waals surface area contributed by atoms with Crippen molar-refractivity contribution in [2.75, 3.05) is 33.4 Å². The van der Waals surface area contributed by atoms with Crippen molar-refractivity contribution in [3.63, 3.8) is 0 Å². The van der Waals surface area contributed by atoms with Gasteiger partial charge in [0.05, 0.1) is 32.8 Å². The van der Waals surface area contributed by atoms with Gasteiger partial charge in [0.1, 0.15) is 0 Å². The lowest BCUT2D eigenvalue weighted by Gasteiger charge is -2.35. The van der Waals surface area contributed by atoms with Crippen molar-refractivity contribution in [3.05, 3.63) is 0 Å². The summed E-state index contributed by atoms with van der Waals surface area (Å²) in [6.07, 6.45) is 20.8. The number of nitrogens with zero attached hydrogens (tertiary/aromatic N) is 2. The molecule has 0 aromatic carbocycles. The van der Waals surface area contributed by atoms with Gasteiger partial charge in [-0.2, -0.15) is 5.26 Å². The maximum absolute atomic E-state index is 12.0. The average molecular weight is 629 g/mol. The molecule has 0 aliphatic rings. The molecule has 9 nitrogen and oxygen atoms in total. The zero-order valence-electron chi connectivity index (χ0n) is 28.3. The molecule has 10 heteroatoms. The van der Waals surface area contributed by atoms with Gasteiger partial charge in [0.25, 0.3) is 8.53 Å². The molecule has 0 aromatic heterocycles. The number of hydrogen-bond acceptors (Lipinski definition) is 7. The van der Waals surface area contributed by atoms with Crippen LogP contribution in [0.15, 0.2) is 0 Å². The standard InChI is InChI=1S/C33H65N4O5P/c1-30(2)37(31(3)4)43(42-29-23-25-34)41-28-22-18-17-21-27-36-33(39)35-26-20-16-14-12-10-8-6-7-9-11-13-15-19-24-32(38)40-5/h30-31H,6-24,26-29H2,1-5H3,(H2,35,36,39). The molecule has 43 heavy (non-hydrogen) atoms. The highest BCUT2D eigenvalue weighted by atomic mass is 31.2. The number of rotatable bonds is 30. The minimum Gasteiger partial charge on any atom is -0.469 e. The Bertz CT molecular complexity index is 697. The largest absolute Gasteiger partial charge is 0.469 e. The van der Waals surface area contributed by atoms with Crippen molar-refractivity contribution >= 4 is 20.5 Å². The Morgan fingerprint density at radius 1 is 0.674 bits per heavy atom. The van der Waals surface area contributed by atoms with Gasteiger partial charge in [0.2, 0.25) is 0 Å². The molecule has 0 saturated heterocycles. The summed E-state index contributed by atoms with van der Waals surface area (Å²) in [5.74, 6) is -0.0927. The fourth-order valence-corrected chi connectivity index (χ4v) is 6.57. The molecule has 0 bridgehead atoms. The number of esters is 1. The number of nitriles is 1. The van der Waals surface area contributed by atoms with Crippen molar-refractivity contribution in [1.29, 1.82) is 5.26 Å². The molecule has 2 N–H and O–H groups in total. The SMILES string of the molecule is COC(=O)CCCCCCCCCCCCCCCNC(=O)NCCCCCCOP(OCCC#N)N(C(C)C)C(C)C. The summed E-state index contributed by atoms with van der Waals surface area (Å²) in [6, 6.07) is 2.69. The van der Waals surface area contributed by atoms with E-state index >= 15 is 0 Å². The summed E-state index contributed by atoms with van der Waals surface area (Å²) < 4.78 is 18.9. The van der Waals surface area contributed by atoms with E-state index in [1.54, 1.807) is 0 Å². The van der Waals surface area contributed by atoms with Gasteiger partial charge in [0.15, 0.2) is 0 Å². The van der Waals surface area contributed by atoms with E-state index in [2.05, 4.69) is 53.8 Å². The molecule has 1 atom stereocenters. The lowest BCUT2D eigenvalue weighted by Crippen LogP contribution is -2.36. The van der Waals surface area contributed by atoms with Crippen LogP contribution in [0.5, 0.6) is 0 Å². The molecule has 0 saturated carbocycles. The predicted octanol–water partition coefficient (Wildman–Crippen LogP) is 8.77. The van der Waals surface area contributed by atoms with Crippen LogP contribution in [0.3, 0.4) is 0 Å². The number of ether oxygens (including phenoxy) is 1. The van der Waals surface area contributed by atoms with Crippen LogP contribution < -0.4 is 10.6 Å². The molecule has 252 valence electrons. The Hall–Kier alpha value is -1.46. The number of unbranched alkanes of at least 4 members (excludes halogenated alkanes) is 15. The van der Waals surface area contributed by atoms with E-state index in [1.807, 2.05) is 0 Å². The van der Waals surface area contributed by atoms with Crippen LogP contribution in [0.1, 0.15) is 150 Å². The number of carbonyl (C=O) groups excluding carboxylic acids is 2. The number of urea groups is 1. The summed E-state index contributed by atoms with van der Waals surface area (Å²) >= 11 is 0. The van der Waals surface area contributed by atoms with E-state index < -0.39 is 8.53 Å². The highest BCUT2D eigenvalue weighted by molar-refractivity contribution is 7.44. The van der Waals surface area contributed by atoms with Crippen molar-refractivity contribution in [2.45, 2.75) is 162 Å². The third kappa shape index (κ3) is 26.6. The van der Waals surface area contributed by atoms with E-state index in [0.29, 0.717) is 44.7 Å². The first-order chi connectivity index (χ1) is 20.8. The lowest BCUT2D eigenvalue weighted by atomic mass is 10.0. The first kappa shape index (κ1) is 41.5. The molecule has 0 aliphatic carbocycles. The first-order valence-corrected chi connectivity index (χ1v) is 18.3. The Morgan fingerprint density at radius 3 is 1.53 bits per heavy atom. The van der Waals surface area contributed by atoms with Gasteiger partial charge in [-0.15, -0.1) is 0 Å². The lowest BCUT2D eigenvalue weighted by molar-refractivity contribution is -0.140. The summed E-state index contributed by atoms with van der Waals surface area (Å²) in [4.78, 5) is 23.1. The molecule has 0 fully saturated rings. The van der Waals surface area contributed by atoms with Crippen LogP contribution in [-0.2, 0) is 18.6 Å². The number of carbonyl (C=O) groups is 2. The zero-order valence-corrected chi connectivity index (χ0v) is 29.2. The van der Waals surface area contributed by atoms with Crippen LogP contribution in [0.4, 0.5) is 4.79 Å². The molecule has 1 unspecified atom stereocenters. The molecule has 2 amide bonds. The Kier molecular flexibility index (Phi) is 29.5. The molecule has 0 aliphatic heterocycles. The van der Waals surface area contributed by atoms with Gasteiger partial charge >= 0.3 is 12.0 Å². The minimum absolute atomic E-state index is 0.0607. The van der Waals surface area contributed by atoms with Crippen molar-refractivity contribution in [3.8, 4) is 6.07 Å². The van der Waals surface area contributed by atoms with Gasteiger partial charge in [-0.3, -0.25) is 4.79 Å². The van der Waals surface area contributed by atoms with Crippen molar-refractivity contribution < 1.29 is 23.4 Å². The summed E-state index contributed by atoms with van der Waals surface area (Å²) in [5.41, 5.74) is 0. The summed E-state index contributed by atoms with van der Waals surface area (Å²) in [6.45, 7) is 11.0. The van der Waals surface area contributed by atoms with E-state index in [-0.39, 0.29) is 12.0 Å². The smallest absolute Gasteiger partial charge is 0.314 e. The number of nitrogens with one attached hydrogen (secondary N) is 2. The molecule has 0 rings (SSSR count). The monoisotopic (exact) mass is 628 g/mol. The molecule has 0 heterocycles. The van der Waals surface area contributed by atoms with Crippen LogP contribution in [-0.4, -0.2) is 62.2 Å². The predicted molar refractivity (Wildman–Crippen MR) is 178 cm³/mol. The van der Waals surface area contributed by atoms with E-state index in [4.69, 9.17) is 14.3 Å². The topological polar surface area (TPSA) is 113 Å². The van der Waals surface area contributed by atoms with Crippen LogP contribution in [0.2, 0.25) is 0 Å². The van der Waals surface area contributed by atoms with Gasteiger partial charge < -0.3 is 24.4 Å². The molecular weight excluding hydrogens is 563 g/mol. The number of methoxy groups -OCH3 is 1. The zero-order chi connectivity index (χ0) is 32.0. The van der Waals surface area contributed by atoms with E-state index in [0.717, 1.165) is 51.5 Å². The van der Waals surface area contributed by atoms with Gasteiger partial charge in [0, 0.05) is 31.6 Å². The van der Waals surface area contributed by atoms with Crippen LogP contribution >= 0.6 is 8.53 Å². The van der Waals surface area contributed by atoms with Crippen molar-refractivity contribution in [1.82, 2.24) is 15.3 Å². The Balaban J connectivity index is 3.56. The van der Waals surface area contributed by atoms with Crippen LogP contribution in [0, 0.1) is 11.3 Å². The third-order valence-electron chi connectivity index (χ3n) is 7.29. The first-order valence-electron chi connectivity index (χ1n) is 17.1. The highest BCUT2D eigenvalue weighted by Gasteiger charge is 2.26. The second-order valence-corrected chi connectivity index (χ2v) is 13.4. The normalized spacial score (nSPS) is 12.1. The third-order valence-corrected chi connectivity index (χ3v) is 9.40. The Morgan fingerprint density at radius 2 is 1.09 bits per heavy atom. The maximum Gasteiger partial charge on any atom is 0.314 e. The van der Waals surface area contributed by atoms with Gasteiger partial charge in [-0.05, 0) is 53.4 Å². The number of amides is 2. The second kappa shape index (κ2) is 30.6. The second-order valence-electron chi connectivity index (χ2n) is 11.9. The molecule has 0 spiro atoms. The molecule has 0 aromatic rings. The van der Waals surface area contributed by atoms with Gasteiger partial charge in [-0.25, -0.2) is 9.46 Å². The van der Waals surface area contributed by atoms with E-state index in [1.165, 1.54) is 71.3 Å². The summed E-state index contributed by atoms with van der Waals surface area (Å²) in [5, 5.41) is 14.8. The average Bonchev–Trinajstić information content (AvgIpc) is 2.97. The van der Waals surface area contributed by atoms with Gasteiger partial charge in [-0.1, -0.05) is 83.5 Å². The quantitative estimate of drug-likeness (QED) is 0.0464. The maximum atomic E-state index is 12.0. The highest BCUT2D eigenvalue weighted by Crippen LogP contribution is 2.46. The minimum atomic E-state index is -1.16. The fraction of sp³-hybridized carbons (Fsp3) is 0.909. The summed E-state index contributed by atoms with van der Waals surface area (Å²) in [7, 11) is 0.289. The Labute approximate surface area is 265 Å². The number of hydrogen-bond donors (Lipinski definition) is 2. The van der Waals surface area contributed by atoms with Crippen LogP contribution in [0.25, 0.3) is 0 Å². The fourth-order valence-electron chi connectivity index (χ4n) is 4.94. The van der Waals surface area contributed by atoms with Crippen molar-refractivity contribution in [2.24, 2.45) is 0 Å².